The summed E-state index contributed by atoms with van der Waals surface area (Å²) >= 11 is 0. The summed E-state index contributed by atoms with van der Waals surface area (Å²) in [5.41, 5.74) is 1.59. The molecule has 0 aromatic heterocycles. The Morgan fingerprint density at radius 3 is 2.35 bits per heavy atom. The van der Waals surface area contributed by atoms with Gasteiger partial charge in [0.15, 0.2) is 0 Å². The van der Waals surface area contributed by atoms with Gasteiger partial charge in [-0.2, -0.15) is 0 Å². The van der Waals surface area contributed by atoms with Gasteiger partial charge in [0.25, 0.3) is 0 Å². The van der Waals surface area contributed by atoms with Gasteiger partial charge >= 0.3 is 11.8 Å². The van der Waals surface area contributed by atoms with Crippen LogP contribution < -0.4 is 10.6 Å². The van der Waals surface area contributed by atoms with E-state index in [0.717, 1.165) is 25.2 Å². The van der Waals surface area contributed by atoms with E-state index in [4.69, 9.17) is 0 Å². The van der Waals surface area contributed by atoms with Gasteiger partial charge in [-0.1, -0.05) is 32.0 Å². The molecule has 2 amide bonds. The minimum atomic E-state index is -0.626. The van der Waals surface area contributed by atoms with Gasteiger partial charge in [-0.05, 0) is 31.6 Å². The molecule has 110 valence electrons. The summed E-state index contributed by atoms with van der Waals surface area (Å²) in [5.74, 6) is -1.22. The van der Waals surface area contributed by atoms with Crippen LogP contribution in [0, 0.1) is 6.92 Å². The topological polar surface area (TPSA) is 61.4 Å². The molecule has 0 bridgehead atoms. The molecular formula is C15H23N3O2. The van der Waals surface area contributed by atoms with Crippen molar-refractivity contribution >= 4 is 17.5 Å². The highest BCUT2D eigenvalue weighted by atomic mass is 16.2. The molecule has 2 N–H and O–H groups in total. The van der Waals surface area contributed by atoms with Crippen LogP contribution in [-0.4, -0.2) is 42.9 Å². The highest BCUT2D eigenvalue weighted by Gasteiger charge is 2.14. The van der Waals surface area contributed by atoms with Crippen molar-refractivity contribution in [1.82, 2.24) is 10.2 Å². The molecule has 0 heterocycles. The van der Waals surface area contributed by atoms with Gasteiger partial charge in [-0.15, -0.1) is 0 Å². The van der Waals surface area contributed by atoms with E-state index in [2.05, 4.69) is 29.4 Å². The molecular weight excluding hydrogens is 254 g/mol. The molecule has 0 radical (unpaired) electrons. The fraction of sp³-hybridized carbons (Fsp3) is 0.467. The first-order valence-corrected chi connectivity index (χ1v) is 6.95. The molecule has 0 aliphatic rings. The zero-order chi connectivity index (χ0) is 15.0. The molecule has 0 unspecified atom stereocenters. The minimum absolute atomic E-state index is 0.474. The van der Waals surface area contributed by atoms with E-state index in [0.29, 0.717) is 12.2 Å². The van der Waals surface area contributed by atoms with Crippen LogP contribution in [0.4, 0.5) is 5.69 Å². The van der Waals surface area contributed by atoms with Gasteiger partial charge in [0.1, 0.15) is 0 Å². The van der Waals surface area contributed by atoms with Crippen LogP contribution in [0.15, 0.2) is 24.3 Å². The van der Waals surface area contributed by atoms with E-state index in [1.165, 1.54) is 0 Å². The number of hydrogen-bond acceptors (Lipinski definition) is 3. The molecule has 0 aliphatic heterocycles. The number of nitrogens with one attached hydrogen (secondary N) is 2. The summed E-state index contributed by atoms with van der Waals surface area (Å²) in [4.78, 5) is 25.6. The van der Waals surface area contributed by atoms with Crippen LogP contribution in [0.1, 0.15) is 19.4 Å². The molecule has 1 aromatic rings. The fourth-order valence-electron chi connectivity index (χ4n) is 1.84. The fourth-order valence-corrected chi connectivity index (χ4v) is 1.84. The molecule has 0 aliphatic carbocycles. The second kappa shape index (κ2) is 8.32. The van der Waals surface area contributed by atoms with Crippen molar-refractivity contribution in [2.45, 2.75) is 20.8 Å². The normalized spacial score (nSPS) is 10.4. The van der Waals surface area contributed by atoms with Crippen molar-refractivity contribution in [2.24, 2.45) is 0 Å². The van der Waals surface area contributed by atoms with Crippen molar-refractivity contribution in [3.8, 4) is 0 Å². The second-order valence-corrected chi connectivity index (χ2v) is 4.55. The monoisotopic (exact) mass is 277 g/mol. The zero-order valence-electron chi connectivity index (χ0n) is 12.4. The maximum atomic E-state index is 11.7. The maximum Gasteiger partial charge on any atom is 0.313 e. The summed E-state index contributed by atoms with van der Waals surface area (Å²) in [5, 5.41) is 5.24. The highest BCUT2D eigenvalue weighted by Crippen LogP contribution is 2.12. The average molecular weight is 277 g/mol. The molecule has 0 saturated heterocycles. The zero-order valence-corrected chi connectivity index (χ0v) is 12.4. The predicted molar refractivity (Wildman–Crippen MR) is 80.6 cm³/mol. The summed E-state index contributed by atoms with van der Waals surface area (Å²) in [6.45, 7) is 9.10. The Balaban J connectivity index is 2.40. The van der Waals surface area contributed by atoms with Crippen molar-refractivity contribution in [3.05, 3.63) is 29.8 Å². The lowest BCUT2D eigenvalue weighted by Crippen LogP contribution is -2.40. The molecule has 5 nitrogen and oxygen atoms in total. The molecule has 5 heteroatoms. The molecule has 1 aromatic carbocycles. The third kappa shape index (κ3) is 5.01. The van der Waals surface area contributed by atoms with Crippen LogP contribution in [0.2, 0.25) is 0 Å². The Bertz CT molecular complexity index is 456. The van der Waals surface area contributed by atoms with Crippen molar-refractivity contribution in [1.29, 1.82) is 0 Å². The third-order valence-corrected chi connectivity index (χ3v) is 3.21. The number of para-hydroxylation sites is 1. The Hall–Kier alpha value is -1.88. The number of hydrogen-bond donors (Lipinski definition) is 2. The largest absolute Gasteiger partial charge is 0.347 e. The molecule has 0 spiro atoms. The highest BCUT2D eigenvalue weighted by molar-refractivity contribution is 6.39. The standard InChI is InChI=1S/C15H23N3O2/c1-4-18(5-2)11-10-16-14(19)15(20)17-13-9-7-6-8-12(13)3/h6-9H,4-5,10-11H2,1-3H3,(H,16,19)(H,17,20). The lowest BCUT2D eigenvalue weighted by Gasteiger charge is -2.17. The second-order valence-electron chi connectivity index (χ2n) is 4.55. The Labute approximate surface area is 120 Å². The number of aryl methyl sites for hydroxylation is 1. The Morgan fingerprint density at radius 1 is 1.10 bits per heavy atom. The van der Waals surface area contributed by atoms with E-state index >= 15 is 0 Å². The van der Waals surface area contributed by atoms with Gasteiger partial charge < -0.3 is 15.5 Å². The van der Waals surface area contributed by atoms with E-state index in [1.807, 2.05) is 25.1 Å². The summed E-state index contributed by atoms with van der Waals surface area (Å²) in [6, 6.07) is 7.36. The molecule has 20 heavy (non-hydrogen) atoms. The molecule has 0 saturated carbocycles. The quantitative estimate of drug-likeness (QED) is 0.773. The number of likely N-dealkylation sites (N-methyl/N-ethyl adjacent to an activating group) is 1. The molecule has 0 fully saturated rings. The first-order valence-electron chi connectivity index (χ1n) is 6.95. The van der Waals surface area contributed by atoms with E-state index in [1.54, 1.807) is 6.07 Å². The Morgan fingerprint density at radius 2 is 1.75 bits per heavy atom. The van der Waals surface area contributed by atoms with E-state index in [9.17, 15) is 9.59 Å². The van der Waals surface area contributed by atoms with Crippen molar-refractivity contribution in [2.75, 3.05) is 31.5 Å². The number of benzene rings is 1. The van der Waals surface area contributed by atoms with Gasteiger partial charge in [0.05, 0.1) is 0 Å². The first-order chi connectivity index (χ1) is 9.58. The number of rotatable bonds is 6. The summed E-state index contributed by atoms with van der Waals surface area (Å²) in [6.07, 6.45) is 0. The van der Waals surface area contributed by atoms with E-state index in [-0.39, 0.29) is 0 Å². The van der Waals surface area contributed by atoms with Gasteiger partial charge in [0.2, 0.25) is 0 Å². The Kier molecular flexibility index (Phi) is 6.73. The molecule has 1 rings (SSSR count). The van der Waals surface area contributed by atoms with Crippen LogP contribution in [-0.2, 0) is 9.59 Å². The lowest BCUT2D eigenvalue weighted by atomic mass is 10.2. The number of carbonyl (C=O) groups excluding carboxylic acids is 2. The number of anilines is 1. The van der Waals surface area contributed by atoms with Crippen LogP contribution in [0.5, 0.6) is 0 Å². The number of amides is 2. The van der Waals surface area contributed by atoms with Crippen LogP contribution in [0.3, 0.4) is 0 Å². The van der Waals surface area contributed by atoms with Crippen molar-refractivity contribution in [3.63, 3.8) is 0 Å². The van der Waals surface area contributed by atoms with E-state index < -0.39 is 11.8 Å². The van der Waals surface area contributed by atoms with Gasteiger partial charge in [-0.25, -0.2) is 0 Å². The summed E-state index contributed by atoms with van der Waals surface area (Å²) < 4.78 is 0. The van der Waals surface area contributed by atoms with Gasteiger partial charge in [0, 0.05) is 18.8 Å². The minimum Gasteiger partial charge on any atom is -0.347 e. The first kappa shape index (κ1) is 16.2. The van der Waals surface area contributed by atoms with Crippen LogP contribution >= 0.6 is 0 Å². The lowest BCUT2D eigenvalue weighted by molar-refractivity contribution is -0.136. The third-order valence-electron chi connectivity index (χ3n) is 3.21. The SMILES string of the molecule is CCN(CC)CCNC(=O)C(=O)Nc1ccccc1C. The van der Waals surface area contributed by atoms with Gasteiger partial charge in [-0.3, -0.25) is 9.59 Å². The maximum absolute atomic E-state index is 11.7. The smallest absolute Gasteiger partial charge is 0.313 e. The van der Waals surface area contributed by atoms with Crippen molar-refractivity contribution < 1.29 is 9.59 Å². The summed E-state index contributed by atoms with van der Waals surface area (Å²) in [7, 11) is 0. The number of nitrogens with zero attached hydrogens (tertiary/aromatic N) is 1. The molecule has 0 atom stereocenters. The average Bonchev–Trinajstić information content (AvgIpc) is 2.45. The van der Waals surface area contributed by atoms with Crippen LogP contribution in [0.25, 0.3) is 0 Å². The number of carbonyl (C=O) groups is 2. The predicted octanol–water partition coefficient (Wildman–Crippen LogP) is 1.39.